The highest BCUT2D eigenvalue weighted by Crippen LogP contribution is 2.05. The molecule has 0 fully saturated rings. The first-order valence-electron chi connectivity index (χ1n) is 10.7. The third-order valence-corrected chi connectivity index (χ3v) is 4.93. The molecule has 0 spiro atoms. The van der Waals surface area contributed by atoms with Gasteiger partial charge in [0.2, 0.25) is 23.6 Å². The Balaban J connectivity index is 2.21. The maximum Gasteiger partial charge on any atom is 0.326 e. The van der Waals surface area contributed by atoms with Crippen LogP contribution in [0.5, 0.6) is 0 Å². The Bertz CT molecular complexity index is 1010. The van der Waals surface area contributed by atoms with Crippen LogP contribution in [0.15, 0.2) is 25.0 Å². The van der Waals surface area contributed by atoms with Crippen LogP contribution in [0.4, 0.5) is 0 Å². The molecule has 0 radical (unpaired) electrons. The monoisotopic (exact) mass is 491 g/mol. The quantitative estimate of drug-likeness (QED) is 0.134. The van der Waals surface area contributed by atoms with Gasteiger partial charge in [0, 0.05) is 43.0 Å². The normalized spacial score (nSPS) is 14.2. The van der Waals surface area contributed by atoms with Crippen LogP contribution >= 0.6 is 0 Å². The Morgan fingerprint density at radius 2 is 1.34 bits per heavy atom. The molecule has 4 atom stereocenters. The van der Waals surface area contributed by atoms with Gasteiger partial charge < -0.3 is 42.5 Å². The molecule has 0 aromatic carbocycles. The minimum atomic E-state index is -1.41. The molecule has 15 nitrogen and oxygen atoms in total. The lowest BCUT2D eigenvalue weighted by atomic mass is 10.1. The third-order valence-electron chi connectivity index (χ3n) is 4.93. The molecule has 0 aliphatic carbocycles. The second-order valence-electron chi connectivity index (χ2n) is 7.88. The van der Waals surface area contributed by atoms with Gasteiger partial charge in [0.05, 0.1) is 18.7 Å². The number of primary amides is 1. The predicted molar refractivity (Wildman–Crippen MR) is 120 cm³/mol. The van der Waals surface area contributed by atoms with Crippen LogP contribution in [-0.2, 0) is 36.8 Å². The summed E-state index contributed by atoms with van der Waals surface area (Å²) < 4.78 is 0. The van der Waals surface area contributed by atoms with E-state index in [9.17, 15) is 29.1 Å². The average Bonchev–Trinajstić information content (AvgIpc) is 3.49. The maximum atomic E-state index is 13.1. The Hall–Kier alpha value is -4.27. The van der Waals surface area contributed by atoms with Crippen LogP contribution in [0.1, 0.15) is 31.2 Å². The Morgan fingerprint density at radius 1 is 0.886 bits per heavy atom. The number of carboxylic acids is 1. The Morgan fingerprint density at radius 3 is 1.71 bits per heavy atom. The Kier molecular flexibility index (Phi) is 9.89. The van der Waals surface area contributed by atoms with Gasteiger partial charge in [-0.3, -0.25) is 19.2 Å². The molecule has 15 heteroatoms. The van der Waals surface area contributed by atoms with Crippen molar-refractivity contribution < 1.29 is 29.1 Å². The van der Waals surface area contributed by atoms with Crippen LogP contribution in [0.2, 0.25) is 0 Å². The smallest absolute Gasteiger partial charge is 0.326 e. The fraction of sp³-hybridized carbons (Fsp3) is 0.450. The maximum absolute atomic E-state index is 13.1. The van der Waals surface area contributed by atoms with Crippen LogP contribution in [0.3, 0.4) is 0 Å². The molecule has 190 valence electrons. The number of aliphatic carboxylic acids is 1. The molecule has 35 heavy (non-hydrogen) atoms. The van der Waals surface area contributed by atoms with Crippen molar-refractivity contribution in [2.45, 2.75) is 56.8 Å². The number of aromatic amines is 2. The van der Waals surface area contributed by atoms with Crippen molar-refractivity contribution in [2.24, 2.45) is 11.5 Å². The number of aromatic nitrogens is 4. The van der Waals surface area contributed by atoms with Gasteiger partial charge in [-0.25, -0.2) is 14.8 Å². The standard InChI is InChI=1S/C20H29N9O6/c1-10(21)17(31)28-14(4-11-6-23-8-25-11)19(33)29-15(5-12-7-24-9-26-12)18(32)27-13(20(34)35)2-3-16(22)30/h6-10,13-15H,2-5,21H2,1H3,(H2,22,30)(H,23,25)(H,24,26)(H,27,32)(H,28,31)(H,29,33)(H,34,35). The molecule has 2 heterocycles. The summed E-state index contributed by atoms with van der Waals surface area (Å²) in [6, 6.07) is -4.65. The topological polar surface area (TPSA) is 251 Å². The molecule has 0 saturated carbocycles. The highest BCUT2D eigenvalue weighted by molar-refractivity contribution is 5.94. The largest absolute Gasteiger partial charge is 0.480 e. The zero-order valence-corrected chi connectivity index (χ0v) is 19.0. The van der Waals surface area contributed by atoms with Crippen molar-refractivity contribution in [1.29, 1.82) is 0 Å². The van der Waals surface area contributed by atoms with Crippen molar-refractivity contribution >= 4 is 29.6 Å². The van der Waals surface area contributed by atoms with Gasteiger partial charge in [0.1, 0.15) is 18.1 Å². The number of carbonyl (C=O) groups excluding carboxylic acids is 4. The first-order valence-corrected chi connectivity index (χ1v) is 10.7. The second-order valence-corrected chi connectivity index (χ2v) is 7.88. The second kappa shape index (κ2) is 12.8. The highest BCUT2D eigenvalue weighted by Gasteiger charge is 2.31. The van der Waals surface area contributed by atoms with Gasteiger partial charge >= 0.3 is 5.97 Å². The third kappa shape index (κ3) is 8.88. The molecule has 0 bridgehead atoms. The van der Waals surface area contributed by atoms with E-state index in [-0.39, 0.29) is 25.7 Å². The van der Waals surface area contributed by atoms with E-state index in [0.717, 1.165) is 0 Å². The van der Waals surface area contributed by atoms with Crippen molar-refractivity contribution in [3.8, 4) is 0 Å². The number of rotatable bonds is 14. The summed E-state index contributed by atoms with van der Waals surface area (Å²) in [5.74, 6) is -4.20. The summed E-state index contributed by atoms with van der Waals surface area (Å²) >= 11 is 0. The van der Waals surface area contributed by atoms with Gasteiger partial charge in [-0.1, -0.05) is 0 Å². The zero-order valence-electron chi connectivity index (χ0n) is 19.0. The van der Waals surface area contributed by atoms with Crippen molar-refractivity contribution in [3.05, 3.63) is 36.4 Å². The van der Waals surface area contributed by atoms with E-state index < -0.39 is 53.8 Å². The summed E-state index contributed by atoms with van der Waals surface area (Å²) in [7, 11) is 0. The summed E-state index contributed by atoms with van der Waals surface area (Å²) in [6.45, 7) is 1.45. The van der Waals surface area contributed by atoms with Crippen molar-refractivity contribution in [3.63, 3.8) is 0 Å². The van der Waals surface area contributed by atoms with Gasteiger partial charge in [-0.05, 0) is 13.3 Å². The number of nitrogens with zero attached hydrogens (tertiary/aromatic N) is 2. The molecule has 2 rings (SSSR count). The predicted octanol–water partition coefficient (Wildman–Crippen LogP) is -2.93. The molecule has 0 aliphatic heterocycles. The van der Waals surface area contributed by atoms with Gasteiger partial charge in [-0.2, -0.15) is 0 Å². The summed E-state index contributed by atoms with van der Waals surface area (Å²) in [4.78, 5) is 74.2. The summed E-state index contributed by atoms with van der Waals surface area (Å²) in [5, 5.41) is 16.8. The number of nitrogens with two attached hydrogens (primary N) is 2. The molecular formula is C20H29N9O6. The average molecular weight is 492 g/mol. The number of imidazole rings is 2. The van der Waals surface area contributed by atoms with Crippen LogP contribution < -0.4 is 27.4 Å². The van der Waals surface area contributed by atoms with E-state index >= 15 is 0 Å². The van der Waals surface area contributed by atoms with Gasteiger partial charge in [0.15, 0.2) is 0 Å². The molecule has 0 aliphatic rings. The lowest BCUT2D eigenvalue weighted by Crippen LogP contribution is -2.58. The fourth-order valence-corrected chi connectivity index (χ4v) is 3.04. The molecule has 10 N–H and O–H groups in total. The SMILES string of the molecule is CC(N)C(=O)NC(Cc1cnc[nH]1)C(=O)NC(Cc1cnc[nH]1)C(=O)NC(CCC(N)=O)C(=O)O. The number of nitrogens with one attached hydrogen (secondary N) is 5. The van der Waals surface area contributed by atoms with E-state index in [1.807, 2.05) is 0 Å². The first kappa shape index (κ1) is 27.0. The Labute approximate surface area is 199 Å². The van der Waals surface area contributed by atoms with Gasteiger partial charge in [-0.15, -0.1) is 0 Å². The van der Waals surface area contributed by atoms with Crippen LogP contribution in [0.25, 0.3) is 0 Å². The molecule has 0 saturated heterocycles. The molecule has 4 amide bonds. The number of carboxylic acid groups (broad SMARTS) is 1. The van der Waals surface area contributed by atoms with Crippen molar-refractivity contribution in [2.75, 3.05) is 0 Å². The molecule has 2 aromatic heterocycles. The summed E-state index contributed by atoms with van der Waals surface area (Å²) in [5.41, 5.74) is 11.7. The lowest BCUT2D eigenvalue weighted by Gasteiger charge is -2.24. The van der Waals surface area contributed by atoms with E-state index in [4.69, 9.17) is 11.5 Å². The minimum Gasteiger partial charge on any atom is -0.480 e. The highest BCUT2D eigenvalue weighted by atomic mass is 16.4. The van der Waals surface area contributed by atoms with E-state index in [1.165, 1.54) is 32.0 Å². The van der Waals surface area contributed by atoms with Crippen molar-refractivity contribution in [1.82, 2.24) is 35.9 Å². The van der Waals surface area contributed by atoms with E-state index in [2.05, 4.69) is 35.9 Å². The first-order chi connectivity index (χ1) is 16.6. The molecule has 4 unspecified atom stereocenters. The zero-order chi connectivity index (χ0) is 26.0. The van der Waals surface area contributed by atoms with E-state index in [0.29, 0.717) is 11.4 Å². The number of hydrogen-bond donors (Lipinski definition) is 8. The lowest BCUT2D eigenvalue weighted by molar-refractivity contribution is -0.142. The van der Waals surface area contributed by atoms with Crippen LogP contribution in [-0.4, -0.2) is 78.8 Å². The summed E-state index contributed by atoms with van der Waals surface area (Å²) in [6.07, 6.45) is 5.18. The fourth-order valence-electron chi connectivity index (χ4n) is 3.04. The van der Waals surface area contributed by atoms with E-state index in [1.54, 1.807) is 0 Å². The molecule has 2 aromatic rings. The number of H-pyrrole nitrogens is 2. The van der Waals surface area contributed by atoms with Gasteiger partial charge in [0.25, 0.3) is 0 Å². The number of hydrogen-bond acceptors (Lipinski definition) is 8. The molecular weight excluding hydrogens is 462 g/mol. The number of amides is 4. The minimum absolute atomic E-state index is 0.0268. The number of carbonyl (C=O) groups is 5. The van der Waals surface area contributed by atoms with Crippen LogP contribution in [0, 0.1) is 0 Å².